The SMILES string of the molecule is C=C(C)C(=O)NCCSCC(CC(C)NC(C)=O)N1CCCC1=O. The molecule has 0 aromatic rings. The van der Waals surface area contributed by atoms with E-state index in [4.69, 9.17) is 0 Å². The molecule has 0 aliphatic carbocycles. The molecule has 0 radical (unpaired) electrons. The van der Waals surface area contributed by atoms with Crippen LogP contribution in [0.5, 0.6) is 0 Å². The minimum atomic E-state index is -0.124. The third kappa shape index (κ3) is 7.38. The fraction of sp³-hybridized carbons (Fsp3) is 0.706. The van der Waals surface area contributed by atoms with Crippen LogP contribution >= 0.6 is 11.8 Å². The van der Waals surface area contributed by atoms with Crippen molar-refractivity contribution in [3.63, 3.8) is 0 Å². The number of carbonyl (C=O) groups excluding carboxylic acids is 3. The van der Waals surface area contributed by atoms with E-state index in [-0.39, 0.29) is 29.8 Å². The monoisotopic (exact) mass is 355 g/mol. The smallest absolute Gasteiger partial charge is 0.246 e. The lowest BCUT2D eigenvalue weighted by Crippen LogP contribution is -2.43. The van der Waals surface area contributed by atoms with Crippen LogP contribution in [0.2, 0.25) is 0 Å². The molecule has 24 heavy (non-hydrogen) atoms. The highest BCUT2D eigenvalue weighted by Gasteiger charge is 2.29. The molecule has 0 aromatic carbocycles. The zero-order chi connectivity index (χ0) is 18.1. The fourth-order valence-corrected chi connectivity index (χ4v) is 3.76. The second kappa shape index (κ2) is 10.4. The number of carbonyl (C=O) groups is 3. The maximum Gasteiger partial charge on any atom is 0.246 e. The molecule has 2 atom stereocenters. The van der Waals surface area contributed by atoms with Crippen LogP contribution in [-0.4, -0.2) is 59.3 Å². The van der Waals surface area contributed by atoms with Gasteiger partial charge in [0.1, 0.15) is 0 Å². The van der Waals surface area contributed by atoms with Gasteiger partial charge in [-0.3, -0.25) is 14.4 Å². The molecule has 1 aliphatic rings. The van der Waals surface area contributed by atoms with Gasteiger partial charge in [0.25, 0.3) is 0 Å². The van der Waals surface area contributed by atoms with Gasteiger partial charge >= 0.3 is 0 Å². The quantitative estimate of drug-likeness (QED) is 0.458. The first-order valence-electron chi connectivity index (χ1n) is 8.39. The van der Waals surface area contributed by atoms with Crippen LogP contribution in [0.1, 0.15) is 40.0 Å². The molecule has 1 heterocycles. The lowest BCUT2D eigenvalue weighted by atomic mass is 10.1. The third-order valence-corrected chi connectivity index (χ3v) is 4.97. The van der Waals surface area contributed by atoms with Crippen molar-refractivity contribution in [2.24, 2.45) is 0 Å². The summed E-state index contributed by atoms with van der Waals surface area (Å²) < 4.78 is 0. The summed E-state index contributed by atoms with van der Waals surface area (Å²) in [6, 6.07) is 0.147. The first kappa shape index (κ1) is 20.5. The number of rotatable bonds is 10. The molecular formula is C17H29N3O3S. The van der Waals surface area contributed by atoms with E-state index < -0.39 is 0 Å². The molecule has 7 heteroatoms. The van der Waals surface area contributed by atoms with Crippen molar-refractivity contribution in [2.45, 2.75) is 52.1 Å². The number of hydrogen-bond donors (Lipinski definition) is 2. The summed E-state index contributed by atoms with van der Waals surface area (Å²) in [5, 5.41) is 5.69. The summed E-state index contributed by atoms with van der Waals surface area (Å²) in [6.45, 7) is 10.1. The van der Waals surface area contributed by atoms with Crippen LogP contribution < -0.4 is 10.6 Å². The Kier molecular flexibility index (Phi) is 8.89. The van der Waals surface area contributed by atoms with E-state index in [1.807, 2.05) is 11.8 Å². The topological polar surface area (TPSA) is 78.5 Å². The van der Waals surface area contributed by atoms with E-state index >= 15 is 0 Å². The Morgan fingerprint density at radius 3 is 2.62 bits per heavy atom. The maximum atomic E-state index is 12.0. The molecule has 0 saturated carbocycles. The molecule has 1 aliphatic heterocycles. The second-order valence-corrected chi connectivity index (χ2v) is 7.44. The van der Waals surface area contributed by atoms with Crippen LogP contribution in [0.25, 0.3) is 0 Å². The van der Waals surface area contributed by atoms with Crippen molar-refractivity contribution in [3.05, 3.63) is 12.2 Å². The van der Waals surface area contributed by atoms with Gasteiger partial charge in [0.05, 0.1) is 0 Å². The number of thioether (sulfide) groups is 1. The van der Waals surface area contributed by atoms with Gasteiger partial charge in [0, 0.05) is 55.6 Å². The number of amides is 3. The number of nitrogens with one attached hydrogen (secondary N) is 2. The third-order valence-electron chi connectivity index (χ3n) is 3.86. The molecule has 136 valence electrons. The fourth-order valence-electron chi connectivity index (χ4n) is 2.76. The van der Waals surface area contributed by atoms with Crippen LogP contribution in [0.3, 0.4) is 0 Å². The van der Waals surface area contributed by atoms with Gasteiger partial charge in [-0.05, 0) is 26.7 Å². The van der Waals surface area contributed by atoms with E-state index in [0.717, 1.165) is 30.9 Å². The highest BCUT2D eigenvalue weighted by molar-refractivity contribution is 7.99. The largest absolute Gasteiger partial charge is 0.354 e. The predicted molar refractivity (Wildman–Crippen MR) is 97.8 cm³/mol. The van der Waals surface area contributed by atoms with Gasteiger partial charge in [-0.15, -0.1) is 0 Å². The molecule has 3 amide bonds. The summed E-state index contributed by atoms with van der Waals surface area (Å²) in [6.07, 6.45) is 2.27. The normalized spacial score (nSPS) is 16.6. The average Bonchev–Trinajstić information content (AvgIpc) is 2.90. The molecule has 2 N–H and O–H groups in total. The summed E-state index contributed by atoms with van der Waals surface area (Å²) in [7, 11) is 0. The zero-order valence-electron chi connectivity index (χ0n) is 14.9. The first-order valence-corrected chi connectivity index (χ1v) is 9.54. The highest BCUT2D eigenvalue weighted by atomic mass is 32.2. The molecular weight excluding hydrogens is 326 g/mol. The van der Waals surface area contributed by atoms with Crippen molar-refractivity contribution >= 4 is 29.5 Å². The molecule has 1 saturated heterocycles. The molecule has 0 aromatic heterocycles. The van der Waals surface area contributed by atoms with Crippen molar-refractivity contribution in [1.82, 2.24) is 15.5 Å². The Bertz CT molecular complexity index is 482. The van der Waals surface area contributed by atoms with Crippen molar-refractivity contribution in [1.29, 1.82) is 0 Å². The van der Waals surface area contributed by atoms with E-state index in [1.54, 1.807) is 18.7 Å². The Morgan fingerprint density at radius 2 is 2.08 bits per heavy atom. The summed E-state index contributed by atoms with van der Waals surface area (Å²) >= 11 is 1.71. The Labute approximate surface area is 148 Å². The summed E-state index contributed by atoms with van der Waals surface area (Å²) in [4.78, 5) is 36.6. The number of nitrogens with zero attached hydrogens (tertiary/aromatic N) is 1. The molecule has 2 unspecified atom stereocenters. The average molecular weight is 356 g/mol. The number of hydrogen-bond acceptors (Lipinski definition) is 4. The maximum absolute atomic E-state index is 12.0. The molecule has 1 fully saturated rings. The van der Waals surface area contributed by atoms with Gasteiger partial charge in [-0.1, -0.05) is 6.58 Å². The molecule has 6 nitrogen and oxygen atoms in total. The Hall–Kier alpha value is -1.50. The van der Waals surface area contributed by atoms with E-state index in [0.29, 0.717) is 18.5 Å². The van der Waals surface area contributed by atoms with Gasteiger partial charge in [-0.25, -0.2) is 0 Å². The lowest BCUT2D eigenvalue weighted by molar-refractivity contribution is -0.129. The van der Waals surface area contributed by atoms with Crippen molar-refractivity contribution in [2.75, 3.05) is 24.6 Å². The van der Waals surface area contributed by atoms with E-state index in [2.05, 4.69) is 17.2 Å². The highest BCUT2D eigenvalue weighted by Crippen LogP contribution is 2.20. The van der Waals surface area contributed by atoms with Crippen molar-refractivity contribution < 1.29 is 14.4 Å². The van der Waals surface area contributed by atoms with Gasteiger partial charge in [-0.2, -0.15) is 11.8 Å². The Balaban J connectivity index is 2.44. The number of likely N-dealkylation sites (tertiary alicyclic amines) is 1. The second-order valence-electron chi connectivity index (χ2n) is 6.29. The molecule has 0 bridgehead atoms. The van der Waals surface area contributed by atoms with Gasteiger partial charge in [0.2, 0.25) is 17.7 Å². The van der Waals surface area contributed by atoms with Crippen molar-refractivity contribution in [3.8, 4) is 0 Å². The van der Waals surface area contributed by atoms with Crippen LogP contribution in [0, 0.1) is 0 Å². The predicted octanol–water partition coefficient (Wildman–Crippen LogP) is 1.32. The van der Waals surface area contributed by atoms with E-state index in [9.17, 15) is 14.4 Å². The molecule has 1 rings (SSSR count). The first-order chi connectivity index (χ1) is 11.3. The standard InChI is InChI=1S/C17H29N3O3S/c1-12(2)17(23)18-7-9-24-11-15(10-13(3)19-14(4)21)20-8-5-6-16(20)22/h13,15H,1,5-11H2,2-4H3,(H,18,23)(H,19,21). The lowest BCUT2D eigenvalue weighted by Gasteiger charge is -2.30. The van der Waals surface area contributed by atoms with Crippen LogP contribution in [0.4, 0.5) is 0 Å². The van der Waals surface area contributed by atoms with Crippen LogP contribution in [-0.2, 0) is 14.4 Å². The van der Waals surface area contributed by atoms with Gasteiger partial charge < -0.3 is 15.5 Å². The van der Waals surface area contributed by atoms with Gasteiger partial charge in [0.15, 0.2) is 0 Å². The van der Waals surface area contributed by atoms with Crippen LogP contribution in [0.15, 0.2) is 12.2 Å². The summed E-state index contributed by atoms with van der Waals surface area (Å²) in [5.41, 5.74) is 0.504. The minimum Gasteiger partial charge on any atom is -0.354 e. The zero-order valence-corrected chi connectivity index (χ0v) is 15.7. The Morgan fingerprint density at radius 1 is 1.38 bits per heavy atom. The van der Waals surface area contributed by atoms with E-state index in [1.165, 1.54) is 6.92 Å². The minimum absolute atomic E-state index is 0.0321. The molecule has 0 spiro atoms. The summed E-state index contributed by atoms with van der Waals surface area (Å²) in [5.74, 6) is 1.61.